The number of hydrogen-bond acceptors (Lipinski definition) is 3. The minimum absolute atomic E-state index is 0.00394. The Morgan fingerprint density at radius 1 is 1.05 bits per heavy atom. The molecular weight excluding hydrogens is 258 g/mol. The zero-order valence-electron chi connectivity index (χ0n) is 11.1. The zero-order chi connectivity index (χ0) is 14.0. The van der Waals surface area contributed by atoms with Crippen molar-refractivity contribution in [2.45, 2.75) is 24.5 Å². The lowest BCUT2D eigenvalue weighted by atomic mass is 10.1. The molecule has 0 aliphatic rings. The molecule has 0 aromatic heterocycles. The van der Waals surface area contributed by atoms with Gasteiger partial charge in [-0.15, -0.1) is 0 Å². The van der Waals surface area contributed by atoms with Gasteiger partial charge in [0, 0.05) is 5.69 Å². The Bertz CT molecular complexity index is 706. The van der Waals surface area contributed by atoms with E-state index in [1.165, 1.54) is 6.07 Å². The van der Waals surface area contributed by atoms with Crippen molar-refractivity contribution in [2.75, 3.05) is 5.73 Å². The number of sulfone groups is 1. The fourth-order valence-corrected chi connectivity index (χ4v) is 3.44. The van der Waals surface area contributed by atoms with E-state index in [-0.39, 0.29) is 10.6 Å². The smallest absolute Gasteiger partial charge is 0.182 e. The van der Waals surface area contributed by atoms with Gasteiger partial charge in [-0.05, 0) is 43.2 Å². The molecule has 0 heterocycles. The number of nitrogens with two attached hydrogens (primary N) is 1. The van der Waals surface area contributed by atoms with Crippen LogP contribution in [0.4, 0.5) is 5.69 Å². The van der Waals surface area contributed by atoms with Crippen LogP contribution in [0.1, 0.15) is 16.7 Å². The second-order valence-electron chi connectivity index (χ2n) is 4.76. The summed E-state index contributed by atoms with van der Waals surface area (Å²) in [6.07, 6.45) is 0. The van der Waals surface area contributed by atoms with Crippen LogP contribution in [0.25, 0.3) is 0 Å². The Morgan fingerprint density at radius 3 is 2.47 bits per heavy atom. The van der Waals surface area contributed by atoms with E-state index in [1.54, 1.807) is 18.2 Å². The van der Waals surface area contributed by atoms with E-state index >= 15 is 0 Å². The van der Waals surface area contributed by atoms with Gasteiger partial charge in [-0.1, -0.05) is 29.8 Å². The summed E-state index contributed by atoms with van der Waals surface area (Å²) in [6, 6.07) is 12.3. The minimum atomic E-state index is -3.36. The van der Waals surface area contributed by atoms with Crippen molar-refractivity contribution >= 4 is 15.5 Å². The SMILES string of the molecule is Cc1ccc(C)c(CS(=O)(=O)c2cccc(N)c2)c1. The second kappa shape index (κ2) is 5.05. The third-order valence-electron chi connectivity index (χ3n) is 3.07. The molecule has 0 bridgehead atoms. The van der Waals surface area contributed by atoms with Gasteiger partial charge in [0.2, 0.25) is 0 Å². The van der Waals surface area contributed by atoms with E-state index in [4.69, 9.17) is 5.73 Å². The number of hydrogen-bond donors (Lipinski definition) is 1. The molecule has 0 aliphatic heterocycles. The highest BCUT2D eigenvalue weighted by molar-refractivity contribution is 7.90. The molecule has 2 N–H and O–H groups in total. The molecule has 100 valence electrons. The van der Waals surface area contributed by atoms with E-state index in [1.807, 2.05) is 32.0 Å². The number of rotatable bonds is 3. The highest BCUT2D eigenvalue weighted by Crippen LogP contribution is 2.21. The summed E-state index contributed by atoms with van der Waals surface area (Å²) in [7, 11) is -3.36. The van der Waals surface area contributed by atoms with Crippen molar-refractivity contribution in [1.82, 2.24) is 0 Å². The Hall–Kier alpha value is -1.81. The first-order chi connectivity index (χ1) is 8.88. The molecule has 2 aromatic carbocycles. The average Bonchev–Trinajstić information content (AvgIpc) is 2.33. The van der Waals surface area contributed by atoms with Crippen LogP contribution in [0, 0.1) is 13.8 Å². The van der Waals surface area contributed by atoms with E-state index in [9.17, 15) is 8.42 Å². The number of aryl methyl sites for hydroxylation is 2. The van der Waals surface area contributed by atoms with Gasteiger partial charge in [0.1, 0.15) is 0 Å². The summed E-state index contributed by atoms with van der Waals surface area (Å²) in [4.78, 5) is 0.272. The molecule has 0 amide bonds. The first kappa shape index (κ1) is 13.6. The Morgan fingerprint density at radius 2 is 1.79 bits per heavy atom. The van der Waals surface area contributed by atoms with Gasteiger partial charge in [-0.3, -0.25) is 0 Å². The first-order valence-electron chi connectivity index (χ1n) is 6.03. The summed E-state index contributed by atoms with van der Waals surface area (Å²) in [5, 5.41) is 0. The number of anilines is 1. The molecular formula is C15H17NO2S. The van der Waals surface area contributed by atoms with E-state index in [0.29, 0.717) is 5.69 Å². The van der Waals surface area contributed by atoms with Crippen LogP contribution in [0.3, 0.4) is 0 Å². The van der Waals surface area contributed by atoms with E-state index in [2.05, 4.69) is 0 Å². The summed E-state index contributed by atoms with van der Waals surface area (Å²) < 4.78 is 24.7. The quantitative estimate of drug-likeness (QED) is 0.876. The van der Waals surface area contributed by atoms with Crippen molar-refractivity contribution in [3.05, 3.63) is 59.2 Å². The molecule has 19 heavy (non-hydrogen) atoms. The molecule has 0 fully saturated rings. The molecule has 0 radical (unpaired) electrons. The molecule has 3 nitrogen and oxygen atoms in total. The molecule has 2 aromatic rings. The maximum Gasteiger partial charge on any atom is 0.182 e. The fourth-order valence-electron chi connectivity index (χ4n) is 1.95. The monoisotopic (exact) mass is 275 g/mol. The molecule has 0 spiro atoms. The summed E-state index contributed by atoms with van der Waals surface area (Å²) in [5.41, 5.74) is 8.98. The maximum atomic E-state index is 12.4. The van der Waals surface area contributed by atoms with Gasteiger partial charge in [0.25, 0.3) is 0 Å². The Balaban J connectivity index is 2.39. The van der Waals surface area contributed by atoms with Crippen molar-refractivity contribution in [3.8, 4) is 0 Å². The van der Waals surface area contributed by atoms with Gasteiger partial charge < -0.3 is 5.73 Å². The van der Waals surface area contributed by atoms with Gasteiger partial charge in [0.15, 0.2) is 9.84 Å². The first-order valence-corrected chi connectivity index (χ1v) is 7.68. The van der Waals surface area contributed by atoms with Crippen LogP contribution in [0.2, 0.25) is 0 Å². The molecule has 0 unspecified atom stereocenters. The predicted octanol–water partition coefficient (Wildman–Crippen LogP) is 2.86. The lowest BCUT2D eigenvalue weighted by Crippen LogP contribution is -2.07. The average molecular weight is 275 g/mol. The van der Waals surface area contributed by atoms with Gasteiger partial charge in [-0.2, -0.15) is 0 Å². The van der Waals surface area contributed by atoms with Gasteiger partial charge in [0.05, 0.1) is 10.6 Å². The summed E-state index contributed by atoms with van der Waals surface area (Å²) in [5.74, 6) is 0.00394. The van der Waals surface area contributed by atoms with Crippen LogP contribution < -0.4 is 5.73 Å². The Kier molecular flexibility index (Phi) is 3.62. The standard InChI is InChI=1S/C15H17NO2S/c1-11-6-7-12(2)13(8-11)10-19(17,18)15-5-3-4-14(16)9-15/h3-9H,10,16H2,1-2H3. The zero-order valence-corrected chi connectivity index (χ0v) is 11.9. The summed E-state index contributed by atoms with van der Waals surface area (Å²) in [6.45, 7) is 3.87. The molecule has 0 saturated carbocycles. The van der Waals surface area contributed by atoms with E-state index in [0.717, 1.165) is 16.7 Å². The van der Waals surface area contributed by atoms with Gasteiger partial charge in [-0.25, -0.2) is 8.42 Å². The fraction of sp³-hybridized carbons (Fsp3) is 0.200. The van der Waals surface area contributed by atoms with Crippen LogP contribution >= 0.6 is 0 Å². The third-order valence-corrected chi connectivity index (χ3v) is 4.73. The second-order valence-corrected chi connectivity index (χ2v) is 6.75. The minimum Gasteiger partial charge on any atom is -0.399 e. The molecule has 2 rings (SSSR count). The predicted molar refractivity (Wildman–Crippen MR) is 77.7 cm³/mol. The highest BCUT2D eigenvalue weighted by Gasteiger charge is 2.16. The van der Waals surface area contributed by atoms with Gasteiger partial charge >= 0.3 is 0 Å². The lowest BCUT2D eigenvalue weighted by Gasteiger charge is -2.09. The van der Waals surface area contributed by atoms with Crippen molar-refractivity contribution in [1.29, 1.82) is 0 Å². The van der Waals surface area contributed by atoms with Crippen molar-refractivity contribution in [3.63, 3.8) is 0 Å². The highest BCUT2D eigenvalue weighted by atomic mass is 32.2. The lowest BCUT2D eigenvalue weighted by molar-refractivity contribution is 0.595. The topological polar surface area (TPSA) is 60.2 Å². The van der Waals surface area contributed by atoms with Crippen LogP contribution in [-0.2, 0) is 15.6 Å². The van der Waals surface area contributed by atoms with Crippen LogP contribution in [0.5, 0.6) is 0 Å². The summed E-state index contributed by atoms with van der Waals surface area (Å²) >= 11 is 0. The van der Waals surface area contributed by atoms with Crippen LogP contribution in [0.15, 0.2) is 47.4 Å². The van der Waals surface area contributed by atoms with Crippen molar-refractivity contribution < 1.29 is 8.42 Å². The maximum absolute atomic E-state index is 12.4. The number of benzene rings is 2. The van der Waals surface area contributed by atoms with E-state index < -0.39 is 9.84 Å². The van der Waals surface area contributed by atoms with Crippen LogP contribution in [-0.4, -0.2) is 8.42 Å². The normalized spacial score (nSPS) is 11.5. The molecule has 0 aliphatic carbocycles. The molecule has 0 atom stereocenters. The Labute approximate surface area is 114 Å². The number of nitrogen functional groups attached to an aromatic ring is 1. The largest absolute Gasteiger partial charge is 0.399 e. The molecule has 0 saturated heterocycles. The third kappa shape index (κ3) is 3.15. The van der Waals surface area contributed by atoms with Crippen molar-refractivity contribution in [2.24, 2.45) is 0 Å². The molecule has 4 heteroatoms.